The van der Waals surface area contributed by atoms with Crippen LogP contribution >= 0.6 is 12.4 Å². The summed E-state index contributed by atoms with van der Waals surface area (Å²) < 4.78 is 10.5. The zero-order valence-corrected chi connectivity index (χ0v) is 17.3. The number of benzene rings is 2. The maximum absolute atomic E-state index is 5.23. The van der Waals surface area contributed by atoms with Crippen LogP contribution < -0.4 is 9.47 Å². The molecule has 0 unspecified atom stereocenters. The van der Waals surface area contributed by atoms with Gasteiger partial charge in [-0.1, -0.05) is 24.3 Å². The Kier molecular flexibility index (Phi) is 8.96. The van der Waals surface area contributed by atoms with E-state index in [0.29, 0.717) is 0 Å². The largest absolute Gasteiger partial charge is 0.497 e. The van der Waals surface area contributed by atoms with Gasteiger partial charge in [0.25, 0.3) is 0 Å². The van der Waals surface area contributed by atoms with Crippen LogP contribution in [0.5, 0.6) is 11.5 Å². The summed E-state index contributed by atoms with van der Waals surface area (Å²) in [5.41, 5.74) is 2.82. The third-order valence-electron chi connectivity index (χ3n) is 5.58. The molecular weight excluding hydrogens is 358 g/mol. The summed E-state index contributed by atoms with van der Waals surface area (Å²) in [6.07, 6.45) is 6.28. The third kappa shape index (κ3) is 6.75. The summed E-state index contributed by atoms with van der Waals surface area (Å²) in [6, 6.07) is 17.0. The summed E-state index contributed by atoms with van der Waals surface area (Å²) in [5.74, 6) is 2.75. The first kappa shape index (κ1) is 21.6. The zero-order valence-electron chi connectivity index (χ0n) is 16.5. The van der Waals surface area contributed by atoms with Gasteiger partial charge in [0.15, 0.2) is 0 Å². The number of nitrogens with zero attached hydrogens (tertiary/aromatic N) is 1. The van der Waals surface area contributed by atoms with Crippen molar-refractivity contribution in [2.45, 2.75) is 32.1 Å². The van der Waals surface area contributed by atoms with Crippen LogP contribution in [0.1, 0.15) is 30.4 Å². The number of ether oxygens (including phenoxy) is 2. The van der Waals surface area contributed by atoms with Gasteiger partial charge in [-0.15, -0.1) is 12.4 Å². The van der Waals surface area contributed by atoms with Crippen molar-refractivity contribution in [1.82, 2.24) is 4.90 Å². The Bertz CT molecular complexity index is 590. The Morgan fingerprint density at radius 1 is 0.778 bits per heavy atom. The van der Waals surface area contributed by atoms with E-state index in [4.69, 9.17) is 9.47 Å². The van der Waals surface area contributed by atoms with Gasteiger partial charge in [-0.05, 0) is 86.5 Å². The standard InChI is InChI=1S/C23H31NO2.ClH/c1-25-22-9-5-19(6-10-22)3-4-21-14-17-24(18-15-21)16-13-20-7-11-23(26-2)12-8-20;/h5-12,21H,3-4,13-18H2,1-2H3;1H. The van der Waals surface area contributed by atoms with Gasteiger partial charge < -0.3 is 14.4 Å². The molecular formula is C23H32ClNO2. The number of hydrogen-bond donors (Lipinski definition) is 0. The fraction of sp³-hybridized carbons (Fsp3) is 0.478. The maximum atomic E-state index is 5.23. The Morgan fingerprint density at radius 3 is 1.74 bits per heavy atom. The van der Waals surface area contributed by atoms with Gasteiger partial charge in [-0.3, -0.25) is 0 Å². The van der Waals surface area contributed by atoms with Crippen molar-refractivity contribution in [2.24, 2.45) is 5.92 Å². The van der Waals surface area contributed by atoms with E-state index in [1.807, 2.05) is 0 Å². The fourth-order valence-corrected chi connectivity index (χ4v) is 3.74. The fourth-order valence-electron chi connectivity index (χ4n) is 3.74. The highest BCUT2D eigenvalue weighted by Crippen LogP contribution is 2.23. The van der Waals surface area contributed by atoms with Gasteiger partial charge in [0, 0.05) is 6.54 Å². The maximum Gasteiger partial charge on any atom is 0.118 e. The second-order valence-corrected chi connectivity index (χ2v) is 7.27. The van der Waals surface area contributed by atoms with Crippen molar-refractivity contribution >= 4 is 12.4 Å². The minimum absolute atomic E-state index is 0. The Hall–Kier alpha value is -1.71. The molecule has 0 N–H and O–H groups in total. The van der Waals surface area contributed by atoms with E-state index < -0.39 is 0 Å². The first-order chi connectivity index (χ1) is 12.8. The molecule has 0 bridgehead atoms. The summed E-state index contributed by atoms with van der Waals surface area (Å²) in [7, 11) is 3.44. The van der Waals surface area contributed by atoms with Crippen molar-refractivity contribution in [3.05, 3.63) is 59.7 Å². The van der Waals surface area contributed by atoms with E-state index in [1.165, 1.54) is 49.9 Å². The quantitative estimate of drug-likeness (QED) is 0.633. The highest BCUT2D eigenvalue weighted by molar-refractivity contribution is 5.85. The lowest BCUT2D eigenvalue weighted by Gasteiger charge is -2.32. The van der Waals surface area contributed by atoms with Crippen LogP contribution in [-0.2, 0) is 12.8 Å². The molecule has 0 aliphatic carbocycles. The first-order valence-electron chi connectivity index (χ1n) is 9.75. The predicted octanol–water partition coefficient (Wildman–Crippen LogP) is 5.01. The lowest BCUT2D eigenvalue weighted by Crippen LogP contribution is -2.35. The molecule has 1 fully saturated rings. The molecule has 27 heavy (non-hydrogen) atoms. The number of halogens is 1. The molecule has 3 rings (SSSR count). The minimum Gasteiger partial charge on any atom is -0.497 e. The van der Waals surface area contributed by atoms with Gasteiger partial charge in [-0.2, -0.15) is 0 Å². The van der Waals surface area contributed by atoms with E-state index in [1.54, 1.807) is 14.2 Å². The molecule has 0 aromatic heterocycles. The Balaban J connectivity index is 0.00000261. The van der Waals surface area contributed by atoms with Gasteiger partial charge in [0.2, 0.25) is 0 Å². The van der Waals surface area contributed by atoms with Gasteiger partial charge in [0.05, 0.1) is 14.2 Å². The predicted molar refractivity (Wildman–Crippen MR) is 114 cm³/mol. The first-order valence-corrected chi connectivity index (χ1v) is 9.75. The molecule has 148 valence electrons. The number of likely N-dealkylation sites (tertiary alicyclic amines) is 1. The highest BCUT2D eigenvalue weighted by Gasteiger charge is 2.18. The lowest BCUT2D eigenvalue weighted by molar-refractivity contribution is 0.181. The van der Waals surface area contributed by atoms with E-state index in [2.05, 4.69) is 53.4 Å². The normalized spacial score (nSPS) is 15.2. The topological polar surface area (TPSA) is 21.7 Å². The highest BCUT2D eigenvalue weighted by atomic mass is 35.5. The lowest BCUT2D eigenvalue weighted by atomic mass is 9.90. The van der Waals surface area contributed by atoms with E-state index >= 15 is 0 Å². The van der Waals surface area contributed by atoms with Crippen molar-refractivity contribution in [2.75, 3.05) is 33.9 Å². The van der Waals surface area contributed by atoms with Crippen LogP contribution in [0, 0.1) is 5.92 Å². The minimum atomic E-state index is 0. The average molecular weight is 390 g/mol. The molecule has 1 saturated heterocycles. The molecule has 0 radical (unpaired) electrons. The van der Waals surface area contributed by atoms with Crippen molar-refractivity contribution in [3.63, 3.8) is 0 Å². The Labute approximate surface area is 170 Å². The summed E-state index contributed by atoms with van der Waals surface area (Å²) in [6.45, 7) is 3.64. The zero-order chi connectivity index (χ0) is 18.2. The Morgan fingerprint density at radius 2 is 1.26 bits per heavy atom. The van der Waals surface area contributed by atoms with Gasteiger partial charge in [-0.25, -0.2) is 0 Å². The van der Waals surface area contributed by atoms with Crippen LogP contribution in [0.3, 0.4) is 0 Å². The molecule has 4 heteroatoms. The molecule has 3 nitrogen and oxygen atoms in total. The van der Waals surface area contributed by atoms with Gasteiger partial charge in [0.1, 0.15) is 11.5 Å². The third-order valence-corrected chi connectivity index (χ3v) is 5.58. The van der Waals surface area contributed by atoms with Crippen LogP contribution in [-0.4, -0.2) is 38.8 Å². The second-order valence-electron chi connectivity index (χ2n) is 7.27. The summed E-state index contributed by atoms with van der Waals surface area (Å²) >= 11 is 0. The summed E-state index contributed by atoms with van der Waals surface area (Å²) in [4.78, 5) is 2.62. The molecule has 0 spiro atoms. The van der Waals surface area contributed by atoms with E-state index in [9.17, 15) is 0 Å². The van der Waals surface area contributed by atoms with Crippen LogP contribution in [0.2, 0.25) is 0 Å². The molecule has 2 aromatic carbocycles. The van der Waals surface area contributed by atoms with Crippen LogP contribution in [0.4, 0.5) is 0 Å². The molecule has 1 heterocycles. The van der Waals surface area contributed by atoms with Crippen LogP contribution in [0.15, 0.2) is 48.5 Å². The number of piperidine rings is 1. The van der Waals surface area contributed by atoms with Crippen molar-refractivity contribution < 1.29 is 9.47 Å². The SMILES string of the molecule is COc1ccc(CCC2CCN(CCc3ccc(OC)cc3)CC2)cc1.Cl. The van der Waals surface area contributed by atoms with E-state index in [0.717, 1.165) is 30.4 Å². The number of methoxy groups -OCH3 is 2. The molecule has 0 atom stereocenters. The van der Waals surface area contributed by atoms with Crippen molar-refractivity contribution in [1.29, 1.82) is 0 Å². The van der Waals surface area contributed by atoms with Gasteiger partial charge >= 0.3 is 0 Å². The number of hydrogen-bond acceptors (Lipinski definition) is 3. The van der Waals surface area contributed by atoms with E-state index in [-0.39, 0.29) is 12.4 Å². The summed E-state index contributed by atoms with van der Waals surface area (Å²) in [5, 5.41) is 0. The molecule has 1 aliphatic heterocycles. The smallest absolute Gasteiger partial charge is 0.118 e. The number of aryl methyl sites for hydroxylation is 1. The monoisotopic (exact) mass is 389 g/mol. The number of rotatable bonds is 8. The molecule has 2 aromatic rings. The van der Waals surface area contributed by atoms with Crippen LogP contribution in [0.25, 0.3) is 0 Å². The molecule has 0 saturated carbocycles. The molecule has 0 amide bonds. The van der Waals surface area contributed by atoms with Crippen molar-refractivity contribution in [3.8, 4) is 11.5 Å². The average Bonchev–Trinajstić information content (AvgIpc) is 2.72. The second kappa shape index (κ2) is 11.2. The molecule has 1 aliphatic rings.